The van der Waals surface area contributed by atoms with Crippen LogP contribution in [0.15, 0.2) is 18.2 Å². The quantitative estimate of drug-likeness (QED) is 0.791. The average molecular weight is 221 g/mol. The average Bonchev–Trinajstić information content (AvgIpc) is 2.15. The van der Waals surface area contributed by atoms with Gasteiger partial charge in [-0.25, -0.2) is 0 Å². The Hall–Kier alpha value is -1.84. The summed E-state index contributed by atoms with van der Waals surface area (Å²) in [6.07, 6.45) is 0.660. The number of benzene rings is 1. The van der Waals surface area contributed by atoms with Crippen LogP contribution in [0.2, 0.25) is 0 Å². The molecule has 0 unspecified atom stereocenters. The van der Waals surface area contributed by atoms with Crippen molar-refractivity contribution in [2.45, 2.75) is 26.4 Å². The number of carbonyl (C=O) groups excluding carboxylic acids is 2. The lowest BCUT2D eigenvalue weighted by atomic mass is 10.1. The van der Waals surface area contributed by atoms with Crippen molar-refractivity contribution in [3.8, 4) is 5.75 Å². The van der Waals surface area contributed by atoms with Crippen molar-refractivity contribution in [1.82, 2.24) is 0 Å². The topological polar surface area (TPSA) is 69.4 Å². The summed E-state index contributed by atoms with van der Waals surface area (Å²) < 4.78 is 5.58. The van der Waals surface area contributed by atoms with Gasteiger partial charge >= 0.3 is 0 Å². The Kier molecular flexibility index (Phi) is 3.32. The van der Waals surface area contributed by atoms with E-state index in [-0.39, 0.29) is 5.56 Å². The Morgan fingerprint density at radius 3 is 2.44 bits per heavy atom. The Balaban J connectivity index is 3.18. The summed E-state index contributed by atoms with van der Waals surface area (Å²) in [4.78, 5) is 21.8. The van der Waals surface area contributed by atoms with Crippen molar-refractivity contribution in [2.24, 2.45) is 5.73 Å². The molecule has 4 nitrogen and oxygen atoms in total. The van der Waals surface area contributed by atoms with E-state index in [1.807, 2.05) is 20.8 Å². The lowest BCUT2D eigenvalue weighted by Crippen LogP contribution is -2.25. The smallest absolute Gasteiger partial charge is 0.252 e. The molecule has 0 aliphatic heterocycles. The summed E-state index contributed by atoms with van der Waals surface area (Å²) in [7, 11) is 0. The molecule has 0 fully saturated rings. The van der Waals surface area contributed by atoms with E-state index in [0.29, 0.717) is 17.6 Å². The van der Waals surface area contributed by atoms with Gasteiger partial charge in [0.25, 0.3) is 5.91 Å². The second kappa shape index (κ2) is 4.35. The largest absolute Gasteiger partial charge is 0.487 e. The van der Waals surface area contributed by atoms with E-state index in [2.05, 4.69) is 0 Å². The minimum atomic E-state index is -0.608. The zero-order valence-electron chi connectivity index (χ0n) is 9.61. The monoisotopic (exact) mass is 221 g/mol. The zero-order chi connectivity index (χ0) is 12.3. The first-order chi connectivity index (χ1) is 7.33. The molecule has 0 spiro atoms. The number of nitrogens with two attached hydrogens (primary N) is 1. The Labute approximate surface area is 94.4 Å². The van der Waals surface area contributed by atoms with Crippen LogP contribution >= 0.6 is 0 Å². The molecule has 0 atom stereocenters. The molecule has 1 aromatic rings. The maximum Gasteiger partial charge on any atom is 0.252 e. The predicted octanol–water partition coefficient (Wildman–Crippen LogP) is 1.78. The van der Waals surface area contributed by atoms with Gasteiger partial charge < -0.3 is 10.5 Å². The minimum Gasteiger partial charge on any atom is -0.487 e. The van der Waals surface area contributed by atoms with E-state index < -0.39 is 11.5 Å². The van der Waals surface area contributed by atoms with E-state index in [9.17, 15) is 9.59 Å². The van der Waals surface area contributed by atoms with Gasteiger partial charge in [0, 0.05) is 5.56 Å². The lowest BCUT2D eigenvalue weighted by molar-refractivity contribution is 0.0978. The van der Waals surface area contributed by atoms with Crippen molar-refractivity contribution in [2.75, 3.05) is 0 Å². The lowest BCUT2D eigenvalue weighted by Gasteiger charge is -2.22. The minimum absolute atomic E-state index is 0.222. The molecule has 2 N–H and O–H groups in total. The van der Waals surface area contributed by atoms with Gasteiger partial charge in [-0.1, -0.05) is 0 Å². The van der Waals surface area contributed by atoms with Crippen LogP contribution in [0.25, 0.3) is 0 Å². The van der Waals surface area contributed by atoms with Crippen LogP contribution in [0.3, 0.4) is 0 Å². The third kappa shape index (κ3) is 3.08. The van der Waals surface area contributed by atoms with E-state index in [0.717, 1.165) is 0 Å². The molecule has 1 rings (SSSR count). The van der Waals surface area contributed by atoms with E-state index in [4.69, 9.17) is 10.5 Å². The standard InChI is InChI=1S/C12H15NO3/c1-12(2,3)16-10-5-4-8(7-14)6-9(10)11(13)15/h4-7H,1-3H3,(H2,13,15). The molecule has 0 radical (unpaired) electrons. The summed E-state index contributed by atoms with van der Waals surface area (Å²) in [6.45, 7) is 5.60. The molecule has 0 saturated carbocycles. The third-order valence-corrected chi connectivity index (χ3v) is 1.82. The molecular weight excluding hydrogens is 206 g/mol. The van der Waals surface area contributed by atoms with E-state index in [1.165, 1.54) is 6.07 Å². The highest BCUT2D eigenvalue weighted by Gasteiger charge is 2.17. The second-order valence-corrected chi connectivity index (χ2v) is 4.45. The Bertz CT molecular complexity index is 419. The molecule has 0 aliphatic rings. The number of hydrogen-bond donors (Lipinski definition) is 1. The first-order valence-corrected chi connectivity index (χ1v) is 4.91. The van der Waals surface area contributed by atoms with Crippen LogP contribution in [0.4, 0.5) is 0 Å². The number of primary amides is 1. The van der Waals surface area contributed by atoms with E-state index in [1.54, 1.807) is 12.1 Å². The molecular formula is C12H15NO3. The summed E-state index contributed by atoms with van der Waals surface area (Å²) in [5, 5.41) is 0. The van der Waals surface area contributed by atoms with E-state index >= 15 is 0 Å². The SMILES string of the molecule is CC(C)(C)Oc1ccc(C=O)cc1C(N)=O. The number of carbonyl (C=O) groups is 2. The molecule has 0 saturated heterocycles. The fourth-order valence-corrected chi connectivity index (χ4v) is 1.23. The first kappa shape index (κ1) is 12.2. The van der Waals surface area contributed by atoms with Crippen LogP contribution in [0, 0.1) is 0 Å². The molecule has 0 bridgehead atoms. The van der Waals surface area contributed by atoms with Gasteiger partial charge in [-0.05, 0) is 39.0 Å². The molecule has 86 valence electrons. The number of aldehydes is 1. The predicted molar refractivity (Wildman–Crippen MR) is 60.7 cm³/mol. The fourth-order valence-electron chi connectivity index (χ4n) is 1.23. The van der Waals surface area contributed by atoms with Crippen molar-refractivity contribution in [3.05, 3.63) is 29.3 Å². The summed E-state index contributed by atoms with van der Waals surface area (Å²) in [5.41, 5.74) is 5.42. The summed E-state index contributed by atoms with van der Waals surface area (Å²) in [5.74, 6) is -0.214. The summed E-state index contributed by atoms with van der Waals surface area (Å²) in [6, 6.07) is 4.59. The molecule has 0 aromatic heterocycles. The molecule has 1 aromatic carbocycles. The number of rotatable bonds is 3. The molecule has 0 heterocycles. The van der Waals surface area contributed by atoms with Crippen molar-refractivity contribution < 1.29 is 14.3 Å². The second-order valence-electron chi connectivity index (χ2n) is 4.45. The number of hydrogen-bond acceptors (Lipinski definition) is 3. The Morgan fingerprint density at radius 1 is 1.38 bits per heavy atom. The van der Waals surface area contributed by atoms with Crippen LogP contribution in [0.1, 0.15) is 41.5 Å². The molecule has 1 amide bonds. The van der Waals surface area contributed by atoms with Gasteiger partial charge in [0.15, 0.2) is 0 Å². The normalized spacial score (nSPS) is 10.9. The highest BCUT2D eigenvalue weighted by atomic mass is 16.5. The number of amides is 1. The maximum atomic E-state index is 11.2. The molecule has 4 heteroatoms. The van der Waals surface area contributed by atoms with Gasteiger partial charge in [-0.2, -0.15) is 0 Å². The maximum absolute atomic E-state index is 11.2. The highest BCUT2D eigenvalue weighted by Crippen LogP contribution is 2.23. The first-order valence-electron chi connectivity index (χ1n) is 4.91. The zero-order valence-corrected chi connectivity index (χ0v) is 9.61. The number of ether oxygens (including phenoxy) is 1. The Morgan fingerprint density at radius 2 is 2.00 bits per heavy atom. The van der Waals surface area contributed by atoms with Crippen LogP contribution < -0.4 is 10.5 Å². The van der Waals surface area contributed by atoms with Gasteiger partial charge in [0.2, 0.25) is 0 Å². The van der Waals surface area contributed by atoms with Crippen LogP contribution in [-0.4, -0.2) is 17.8 Å². The molecule has 16 heavy (non-hydrogen) atoms. The van der Waals surface area contributed by atoms with Gasteiger partial charge in [-0.3, -0.25) is 9.59 Å². The van der Waals surface area contributed by atoms with Gasteiger partial charge in [0.1, 0.15) is 17.6 Å². The third-order valence-electron chi connectivity index (χ3n) is 1.82. The molecule has 0 aliphatic carbocycles. The van der Waals surface area contributed by atoms with Gasteiger partial charge in [-0.15, -0.1) is 0 Å². The fraction of sp³-hybridized carbons (Fsp3) is 0.333. The highest BCUT2D eigenvalue weighted by molar-refractivity contribution is 5.97. The van der Waals surface area contributed by atoms with Crippen molar-refractivity contribution in [3.63, 3.8) is 0 Å². The van der Waals surface area contributed by atoms with Crippen LogP contribution in [0.5, 0.6) is 5.75 Å². The van der Waals surface area contributed by atoms with Crippen molar-refractivity contribution in [1.29, 1.82) is 0 Å². The van der Waals surface area contributed by atoms with Gasteiger partial charge in [0.05, 0.1) is 5.56 Å². The van der Waals surface area contributed by atoms with Crippen molar-refractivity contribution >= 4 is 12.2 Å². The summed E-state index contributed by atoms with van der Waals surface area (Å²) >= 11 is 0. The van der Waals surface area contributed by atoms with Crippen LogP contribution in [-0.2, 0) is 0 Å².